The van der Waals surface area contributed by atoms with Crippen molar-refractivity contribution in [2.24, 2.45) is 0 Å². The van der Waals surface area contributed by atoms with Gasteiger partial charge in [0, 0.05) is 31.7 Å². The van der Waals surface area contributed by atoms with Gasteiger partial charge in [0.1, 0.15) is 5.82 Å². The molecule has 1 fully saturated rings. The van der Waals surface area contributed by atoms with Crippen LogP contribution in [0.25, 0.3) is 28.0 Å². The van der Waals surface area contributed by atoms with E-state index >= 15 is 0 Å². The zero-order valence-electron chi connectivity index (χ0n) is 17.8. The summed E-state index contributed by atoms with van der Waals surface area (Å²) in [5, 5.41) is 16.5. The van der Waals surface area contributed by atoms with Gasteiger partial charge < -0.3 is 15.7 Å². The van der Waals surface area contributed by atoms with Crippen molar-refractivity contribution in [2.45, 2.75) is 0 Å². The summed E-state index contributed by atoms with van der Waals surface area (Å²) in [6.07, 6.45) is 0. The lowest BCUT2D eigenvalue weighted by atomic mass is 10.1. The second-order valence-electron chi connectivity index (χ2n) is 7.42. The van der Waals surface area contributed by atoms with E-state index in [9.17, 15) is 9.59 Å². The molecule has 1 aromatic heterocycles. The van der Waals surface area contributed by atoms with Crippen LogP contribution >= 0.6 is 11.6 Å². The Bertz CT molecular complexity index is 1320. The molecule has 0 saturated carbocycles. The lowest BCUT2D eigenvalue weighted by Gasteiger charge is -2.15. The summed E-state index contributed by atoms with van der Waals surface area (Å²) >= 11 is 6.36. The fourth-order valence-electron chi connectivity index (χ4n) is 3.55. The van der Waals surface area contributed by atoms with E-state index < -0.39 is 5.97 Å². The maximum absolute atomic E-state index is 13.2. The zero-order valence-corrected chi connectivity index (χ0v) is 18.5. The van der Waals surface area contributed by atoms with Crippen LogP contribution < -0.4 is 16.2 Å². The van der Waals surface area contributed by atoms with Gasteiger partial charge in [-0.25, -0.2) is 9.78 Å². The number of carboxylic acids is 1. The van der Waals surface area contributed by atoms with Crippen LogP contribution in [-0.2, 0) is 0 Å². The smallest absolute Gasteiger partial charge is 0.335 e. The number of piperazine rings is 1. The second-order valence-corrected chi connectivity index (χ2v) is 7.83. The molecule has 0 amide bonds. The van der Waals surface area contributed by atoms with Gasteiger partial charge in [0.2, 0.25) is 0 Å². The molecule has 33 heavy (non-hydrogen) atoms. The van der Waals surface area contributed by atoms with Crippen molar-refractivity contribution in [1.82, 2.24) is 20.2 Å². The van der Waals surface area contributed by atoms with Crippen molar-refractivity contribution >= 4 is 28.5 Å². The third-order valence-corrected chi connectivity index (χ3v) is 5.55. The summed E-state index contributed by atoms with van der Waals surface area (Å²) in [5.41, 5.74) is 1.58. The first-order valence-electron chi connectivity index (χ1n) is 10.6. The maximum Gasteiger partial charge on any atom is 0.335 e. The minimum atomic E-state index is -1.03. The number of nitrogens with one attached hydrogen (secondary N) is 2. The molecule has 168 valence electrons. The third kappa shape index (κ3) is 5.12. The van der Waals surface area contributed by atoms with E-state index in [2.05, 4.69) is 15.6 Å². The Morgan fingerprint density at radius 2 is 1.48 bits per heavy atom. The van der Waals surface area contributed by atoms with Crippen molar-refractivity contribution in [3.63, 3.8) is 0 Å². The van der Waals surface area contributed by atoms with Gasteiger partial charge in [-0.05, 0) is 48.5 Å². The number of fused-ring (bicyclic) bond motifs is 1. The Hall–Kier alpha value is -3.52. The first kappa shape index (κ1) is 22.7. The first-order valence-corrected chi connectivity index (χ1v) is 11.0. The minimum absolute atomic E-state index is 0.139. The van der Waals surface area contributed by atoms with E-state index in [0.717, 1.165) is 26.2 Å². The third-order valence-electron chi connectivity index (χ3n) is 5.22. The SMILES string of the molecule is C1CNCCN1.O=C(O)c1ccc(-n2c(-c3ccccc3Cl)nc3ccccc3c2=O)cc1. The van der Waals surface area contributed by atoms with Gasteiger partial charge in [-0.15, -0.1) is 0 Å². The molecule has 0 bridgehead atoms. The highest BCUT2D eigenvalue weighted by Crippen LogP contribution is 2.28. The van der Waals surface area contributed by atoms with Crippen LogP contribution in [-0.4, -0.2) is 46.8 Å². The molecular weight excluding hydrogens is 440 g/mol. The zero-order chi connectivity index (χ0) is 23.2. The van der Waals surface area contributed by atoms with Gasteiger partial charge in [0.15, 0.2) is 0 Å². The monoisotopic (exact) mass is 462 g/mol. The standard InChI is InChI=1S/C21H13ClN2O3.C4H10N2/c22-17-7-3-1-5-15(17)19-23-18-8-4-2-6-16(18)20(25)24(19)14-11-9-13(10-12-14)21(26)27;1-2-6-4-3-5-1/h1-12H,(H,26,27);5-6H,1-4H2. The molecule has 0 radical (unpaired) electrons. The number of aromatic nitrogens is 2. The normalized spacial score (nSPS) is 13.2. The van der Waals surface area contributed by atoms with Crippen LogP contribution in [0.15, 0.2) is 77.6 Å². The fourth-order valence-corrected chi connectivity index (χ4v) is 3.77. The van der Waals surface area contributed by atoms with Crippen molar-refractivity contribution in [2.75, 3.05) is 26.2 Å². The molecule has 8 heteroatoms. The van der Waals surface area contributed by atoms with Gasteiger partial charge in [0.05, 0.1) is 27.2 Å². The number of para-hydroxylation sites is 1. The molecular formula is C25H23ClN4O3. The summed E-state index contributed by atoms with van der Waals surface area (Å²) in [6.45, 7) is 4.56. The van der Waals surface area contributed by atoms with E-state index in [1.165, 1.54) is 16.7 Å². The Labute approximate surface area is 195 Å². The molecule has 1 saturated heterocycles. The molecule has 3 aromatic carbocycles. The molecule has 3 N–H and O–H groups in total. The summed E-state index contributed by atoms with van der Waals surface area (Å²) in [5.74, 6) is -0.635. The maximum atomic E-state index is 13.2. The number of halogens is 1. The van der Waals surface area contributed by atoms with Crippen LogP contribution in [0.1, 0.15) is 10.4 Å². The minimum Gasteiger partial charge on any atom is -0.478 e. The van der Waals surface area contributed by atoms with E-state index in [0.29, 0.717) is 33.0 Å². The second kappa shape index (κ2) is 10.4. The lowest BCUT2D eigenvalue weighted by molar-refractivity contribution is 0.0697. The topological polar surface area (TPSA) is 96.2 Å². The van der Waals surface area contributed by atoms with Gasteiger partial charge >= 0.3 is 5.97 Å². The fraction of sp³-hybridized carbons (Fsp3) is 0.160. The number of aromatic carboxylic acids is 1. The van der Waals surface area contributed by atoms with Crippen molar-refractivity contribution in [3.8, 4) is 17.1 Å². The van der Waals surface area contributed by atoms with E-state index in [-0.39, 0.29) is 11.1 Å². The lowest BCUT2D eigenvalue weighted by Crippen LogP contribution is -2.39. The number of carbonyl (C=O) groups is 1. The Balaban J connectivity index is 0.000000376. The Kier molecular flexibility index (Phi) is 7.14. The van der Waals surface area contributed by atoms with Gasteiger partial charge in [-0.2, -0.15) is 0 Å². The number of nitrogens with zero attached hydrogens (tertiary/aromatic N) is 2. The van der Waals surface area contributed by atoms with Crippen LogP contribution in [0, 0.1) is 0 Å². The Morgan fingerprint density at radius 1 is 0.879 bits per heavy atom. The predicted molar refractivity (Wildman–Crippen MR) is 130 cm³/mol. The summed E-state index contributed by atoms with van der Waals surface area (Å²) in [7, 11) is 0. The van der Waals surface area contributed by atoms with Crippen LogP contribution in [0.2, 0.25) is 5.02 Å². The van der Waals surface area contributed by atoms with Crippen LogP contribution in [0.3, 0.4) is 0 Å². The molecule has 0 atom stereocenters. The molecule has 7 nitrogen and oxygen atoms in total. The number of carboxylic acid groups (broad SMARTS) is 1. The predicted octanol–water partition coefficient (Wildman–Crippen LogP) is 3.58. The van der Waals surface area contributed by atoms with Gasteiger partial charge in [-0.1, -0.05) is 35.9 Å². The molecule has 4 aromatic rings. The number of benzene rings is 3. The van der Waals surface area contributed by atoms with Crippen LogP contribution in [0.5, 0.6) is 0 Å². The molecule has 0 aliphatic carbocycles. The summed E-state index contributed by atoms with van der Waals surface area (Å²) in [6, 6.07) is 20.3. The number of hydrogen-bond acceptors (Lipinski definition) is 5. The average molecular weight is 463 g/mol. The quantitative estimate of drug-likeness (QED) is 0.430. The van der Waals surface area contributed by atoms with Crippen molar-refractivity contribution < 1.29 is 9.90 Å². The molecule has 0 unspecified atom stereocenters. The van der Waals surface area contributed by atoms with Crippen molar-refractivity contribution in [1.29, 1.82) is 0 Å². The molecule has 1 aliphatic rings. The average Bonchev–Trinajstić information content (AvgIpc) is 2.86. The Morgan fingerprint density at radius 3 is 2.09 bits per heavy atom. The molecule has 2 heterocycles. The van der Waals surface area contributed by atoms with E-state index in [4.69, 9.17) is 16.7 Å². The summed E-state index contributed by atoms with van der Waals surface area (Å²) in [4.78, 5) is 29.0. The summed E-state index contributed by atoms with van der Waals surface area (Å²) < 4.78 is 1.45. The highest BCUT2D eigenvalue weighted by molar-refractivity contribution is 6.33. The number of rotatable bonds is 3. The van der Waals surface area contributed by atoms with Gasteiger partial charge in [-0.3, -0.25) is 9.36 Å². The first-order chi connectivity index (χ1) is 16.1. The van der Waals surface area contributed by atoms with E-state index in [1.54, 1.807) is 48.5 Å². The van der Waals surface area contributed by atoms with Crippen molar-refractivity contribution in [3.05, 3.63) is 93.7 Å². The highest BCUT2D eigenvalue weighted by atomic mass is 35.5. The van der Waals surface area contributed by atoms with E-state index in [1.807, 2.05) is 12.1 Å². The van der Waals surface area contributed by atoms with Crippen LogP contribution in [0.4, 0.5) is 0 Å². The largest absolute Gasteiger partial charge is 0.478 e. The highest BCUT2D eigenvalue weighted by Gasteiger charge is 2.16. The molecule has 1 aliphatic heterocycles. The van der Waals surface area contributed by atoms with Gasteiger partial charge in [0.25, 0.3) is 5.56 Å². The molecule has 5 rings (SSSR count). The molecule has 0 spiro atoms. The number of hydrogen-bond donors (Lipinski definition) is 3.